The summed E-state index contributed by atoms with van der Waals surface area (Å²) in [6.07, 6.45) is 11.5. The number of thioether (sulfide) groups is 1. The van der Waals surface area contributed by atoms with Crippen molar-refractivity contribution in [2.75, 3.05) is 37.7 Å². The van der Waals surface area contributed by atoms with Gasteiger partial charge in [0.2, 0.25) is 17.7 Å². The first-order chi connectivity index (χ1) is 22.3. The predicted octanol–water partition coefficient (Wildman–Crippen LogP) is 4.87. The molecule has 0 bridgehead atoms. The molecule has 2 aromatic carbocycles. The number of aliphatic hydroxyl groups is 1. The standard InChI is InChI=1S/C37H45N3O5S/c1-4-6-10-21-38-22-12-20-37-31(34(43)40(32(37)35(38)44)28(25-41)24-26-13-8-7-9-14-26)30-33(42)39(23-11-19-36(30,3)46-37)27-15-17-29(18-16-27)45-5-2/h7-9,11-20,28,30-32,41H,4-6,10,21-25H2,1-3H3/t28-,30+,31+,32?,36-,37+/m1/s1. The zero-order chi connectivity index (χ0) is 32.5. The number of amides is 3. The highest BCUT2D eigenvalue weighted by Gasteiger charge is 2.74. The van der Waals surface area contributed by atoms with E-state index in [2.05, 4.69) is 19.1 Å². The van der Waals surface area contributed by atoms with Crippen molar-refractivity contribution in [3.05, 3.63) is 84.5 Å². The Kier molecular flexibility index (Phi) is 9.35. The highest BCUT2D eigenvalue weighted by molar-refractivity contribution is 8.02. The van der Waals surface area contributed by atoms with Gasteiger partial charge in [-0.05, 0) is 56.5 Å². The Hall–Kier alpha value is -3.56. The van der Waals surface area contributed by atoms with Gasteiger partial charge in [-0.25, -0.2) is 0 Å². The molecule has 6 atom stereocenters. The van der Waals surface area contributed by atoms with Crippen LogP contribution in [0.2, 0.25) is 0 Å². The minimum Gasteiger partial charge on any atom is -0.494 e. The minimum atomic E-state index is -0.959. The van der Waals surface area contributed by atoms with Crippen molar-refractivity contribution in [1.82, 2.24) is 9.80 Å². The molecule has 0 aromatic heterocycles. The molecular formula is C37H45N3O5S. The number of unbranched alkanes of at least 4 members (excludes halogenated alkanes) is 2. The van der Waals surface area contributed by atoms with Crippen LogP contribution in [-0.4, -0.2) is 87.1 Å². The van der Waals surface area contributed by atoms with Gasteiger partial charge in [-0.1, -0.05) is 74.4 Å². The zero-order valence-electron chi connectivity index (χ0n) is 27.0. The van der Waals surface area contributed by atoms with Gasteiger partial charge in [0, 0.05) is 30.1 Å². The summed E-state index contributed by atoms with van der Waals surface area (Å²) in [6.45, 7) is 7.82. The van der Waals surface area contributed by atoms with E-state index in [1.54, 1.807) is 21.6 Å². The number of hydrogen-bond acceptors (Lipinski definition) is 6. The van der Waals surface area contributed by atoms with Crippen LogP contribution in [0.25, 0.3) is 0 Å². The molecule has 244 valence electrons. The molecule has 0 radical (unpaired) electrons. The number of fused-ring (bicyclic) bond motifs is 2. The third kappa shape index (κ3) is 5.55. The van der Waals surface area contributed by atoms with Crippen molar-refractivity contribution in [3.63, 3.8) is 0 Å². The maximum atomic E-state index is 15.0. The Morgan fingerprint density at radius 2 is 1.65 bits per heavy atom. The fraction of sp³-hybridized carbons (Fsp3) is 0.486. The quantitative estimate of drug-likeness (QED) is 0.278. The first kappa shape index (κ1) is 32.4. The second-order valence-electron chi connectivity index (χ2n) is 12.9. The molecule has 2 saturated heterocycles. The number of rotatable bonds is 11. The lowest BCUT2D eigenvalue weighted by Crippen LogP contribution is -2.57. The lowest BCUT2D eigenvalue weighted by Gasteiger charge is -2.40. The largest absolute Gasteiger partial charge is 0.494 e. The maximum Gasteiger partial charge on any atom is 0.247 e. The summed E-state index contributed by atoms with van der Waals surface area (Å²) in [7, 11) is 0. The summed E-state index contributed by atoms with van der Waals surface area (Å²) >= 11 is 1.58. The Bertz CT molecular complexity index is 1500. The summed E-state index contributed by atoms with van der Waals surface area (Å²) in [4.78, 5) is 49.7. The van der Waals surface area contributed by atoms with Gasteiger partial charge in [-0.2, -0.15) is 0 Å². The minimum absolute atomic E-state index is 0.101. The van der Waals surface area contributed by atoms with Crippen LogP contribution in [0.1, 0.15) is 45.6 Å². The molecule has 3 amide bonds. The number of anilines is 1. The molecule has 6 rings (SSSR count). The van der Waals surface area contributed by atoms with Gasteiger partial charge >= 0.3 is 0 Å². The number of carbonyl (C=O) groups is 3. The van der Waals surface area contributed by atoms with Crippen LogP contribution in [0.4, 0.5) is 5.69 Å². The summed E-state index contributed by atoms with van der Waals surface area (Å²) < 4.78 is 3.96. The molecule has 4 aliphatic rings. The molecule has 4 aliphatic heterocycles. The van der Waals surface area contributed by atoms with Crippen LogP contribution in [0.5, 0.6) is 5.75 Å². The van der Waals surface area contributed by atoms with Gasteiger partial charge in [0.1, 0.15) is 11.8 Å². The molecule has 46 heavy (non-hydrogen) atoms. The first-order valence-corrected chi connectivity index (χ1v) is 17.4. The van der Waals surface area contributed by atoms with Crippen LogP contribution in [0, 0.1) is 11.8 Å². The van der Waals surface area contributed by atoms with Crippen molar-refractivity contribution in [2.24, 2.45) is 11.8 Å². The molecule has 1 unspecified atom stereocenters. The third-order valence-corrected chi connectivity index (χ3v) is 11.8. The monoisotopic (exact) mass is 643 g/mol. The lowest BCUT2D eigenvalue weighted by atomic mass is 9.74. The molecule has 8 nitrogen and oxygen atoms in total. The molecule has 9 heteroatoms. The van der Waals surface area contributed by atoms with Gasteiger partial charge in [0.05, 0.1) is 35.8 Å². The van der Waals surface area contributed by atoms with E-state index >= 15 is 0 Å². The summed E-state index contributed by atoms with van der Waals surface area (Å²) in [5.74, 6) is -1.21. The second kappa shape index (κ2) is 13.3. The van der Waals surface area contributed by atoms with Crippen LogP contribution in [0.15, 0.2) is 78.9 Å². The number of hydrogen-bond donors (Lipinski definition) is 1. The van der Waals surface area contributed by atoms with Crippen LogP contribution in [-0.2, 0) is 20.8 Å². The van der Waals surface area contributed by atoms with Crippen molar-refractivity contribution in [2.45, 2.75) is 68.0 Å². The lowest BCUT2D eigenvalue weighted by molar-refractivity contribution is -0.145. The number of nitrogens with zero attached hydrogens (tertiary/aromatic N) is 3. The topological polar surface area (TPSA) is 90.4 Å². The molecule has 1 N–H and O–H groups in total. The second-order valence-corrected chi connectivity index (χ2v) is 14.7. The summed E-state index contributed by atoms with van der Waals surface area (Å²) in [6, 6.07) is 15.8. The predicted molar refractivity (Wildman–Crippen MR) is 182 cm³/mol. The Balaban J connectivity index is 1.43. The zero-order valence-corrected chi connectivity index (χ0v) is 27.8. The molecule has 4 heterocycles. The highest BCUT2D eigenvalue weighted by Crippen LogP contribution is 2.66. The fourth-order valence-corrected chi connectivity index (χ4v) is 10.1. The van der Waals surface area contributed by atoms with E-state index in [-0.39, 0.29) is 24.3 Å². The van der Waals surface area contributed by atoms with Gasteiger partial charge in [0.25, 0.3) is 0 Å². The van der Waals surface area contributed by atoms with Crippen molar-refractivity contribution >= 4 is 35.2 Å². The molecule has 0 saturated carbocycles. The van der Waals surface area contributed by atoms with Crippen molar-refractivity contribution < 1.29 is 24.2 Å². The highest BCUT2D eigenvalue weighted by atomic mass is 32.2. The third-order valence-electron chi connectivity index (χ3n) is 9.99. The van der Waals surface area contributed by atoms with Gasteiger partial charge in [-0.3, -0.25) is 14.4 Å². The van der Waals surface area contributed by atoms with Crippen molar-refractivity contribution in [1.29, 1.82) is 0 Å². The fourth-order valence-electron chi connectivity index (χ4n) is 7.91. The number of benzene rings is 2. The Morgan fingerprint density at radius 1 is 0.913 bits per heavy atom. The van der Waals surface area contributed by atoms with E-state index < -0.39 is 33.4 Å². The normalized spacial score (nSPS) is 29.3. The molecular weight excluding hydrogens is 598 g/mol. The maximum absolute atomic E-state index is 15.0. The molecule has 2 aromatic rings. The van der Waals surface area contributed by atoms with E-state index in [1.165, 1.54) is 0 Å². The van der Waals surface area contributed by atoms with E-state index in [4.69, 9.17) is 4.74 Å². The average Bonchev–Trinajstić information content (AvgIpc) is 3.33. The SMILES string of the molecule is CCCCCN1CC=C[C@]23S[C@]4(C)C=CCN(c5ccc(OCC)cc5)C(=O)[C@@H]4[C@H]2C(=O)N([C@@H](CO)Cc2ccccc2)C3C1=O. The van der Waals surface area contributed by atoms with Crippen LogP contribution < -0.4 is 9.64 Å². The Labute approximate surface area is 276 Å². The molecule has 2 fully saturated rings. The average molecular weight is 644 g/mol. The smallest absolute Gasteiger partial charge is 0.247 e. The number of likely N-dealkylation sites (tertiary alicyclic amines) is 1. The summed E-state index contributed by atoms with van der Waals surface area (Å²) in [5, 5.41) is 10.8. The van der Waals surface area contributed by atoms with E-state index in [1.807, 2.05) is 85.5 Å². The Morgan fingerprint density at radius 3 is 2.35 bits per heavy atom. The molecule has 0 aliphatic carbocycles. The first-order valence-electron chi connectivity index (χ1n) is 16.6. The van der Waals surface area contributed by atoms with Crippen LogP contribution >= 0.6 is 11.8 Å². The molecule has 1 spiro atoms. The van der Waals surface area contributed by atoms with E-state index in [0.717, 1.165) is 36.3 Å². The van der Waals surface area contributed by atoms with Gasteiger partial charge < -0.3 is 24.5 Å². The van der Waals surface area contributed by atoms with Crippen molar-refractivity contribution in [3.8, 4) is 5.75 Å². The summed E-state index contributed by atoms with van der Waals surface area (Å²) in [5.41, 5.74) is 1.71. The number of aliphatic hydroxyl groups excluding tert-OH is 1. The van der Waals surface area contributed by atoms with Crippen LogP contribution in [0.3, 0.4) is 0 Å². The number of ether oxygens (including phenoxy) is 1. The number of carbonyl (C=O) groups excluding carboxylic acids is 3. The van der Waals surface area contributed by atoms with E-state index in [0.29, 0.717) is 32.7 Å². The van der Waals surface area contributed by atoms with E-state index in [9.17, 15) is 19.5 Å². The van der Waals surface area contributed by atoms with Gasteiger partial charge in [-0.15, -0.1) is 11.8 Å². The van der Waals surface area contributed by atoms with Gasteiger partial charge in [0.15, 0.2) is 0 Å².